The first-order valence-electron chi connectivity index (χ1n) is 8.24. The van der Waals surface area contributed by atoms with Gasteiger partial charge in [0.25, 0.3) is 0 Å². The first-order valence-corrected chi connectivity index (χ1v) is 8.62. The SMILES string of the molecule is CCCC(CCN)CCCN(C)C(C)c1cccc(Cl)c1. The monoisotopic (exact) mass is 310 g/mol. The van der Waals surface area contributed by atoms with Gasteiger partial charge in [0, 0.05) is 11.1 Å². The molecule has 0 aliphatic heterocycles. The molecule has 0 spiro atoms. The van der Waals surface area contributed by atoms with Crippen LogP contribution in [-0.2, 0) is 0 Å². The molecule has 120 valence electrons. The molecule has 1 aromatic carbocycles. The maximum atomic E-state index is 6.08. The van der Waals surface area contributed by atoms with Gasteiger partial charge in [-0.05, 0) is 69.9 Å². The van der Waals surface area contributed by atoms with E-state index in [1.807, 2.05) is 12.1 Å². The molecule has 0 saturated carbocycles. The van der Waals surface area contributed by atoms with Gasteiger partial charge < -0.3 is 5.73 Å². The van der Waals surface area contributed by atoms with Crippen molar-refractivity contribution in [1.29, 1.82) is 0 Å². The minimum absolute atomic E-state index is 0.405. The van der Waals surface area contributed by atoms with Crippen molar-refractivity contribution in [2.45, 2.75) is 52.0 Å². The topological polar surface area (TPSA) is 29.3 Å². The minimum Gasteiger partial charge on any atom is -0.330 e. The zero-order valence-electron chi connectivity index (χ0n) is 13.8. The van der Waals surface area contributed by atoms with Crippen molar-refractivity contribution in [3.05, 3.63) is 34.9 Å². The molecule has 0 radical (unpaired) electrons. The van der Waals surface area contributed by atoms with Crippen LogP contribution >= 0.6 is 11.6 Å². The van der Waals surface area contributed by atoms with E-state index in [4.69, 9.17) is 17.3 Å². The average molecular weight is 311 g/mol. The van der Waals surface area contributed by atoms with Crippen LogP contribution in [0, 0.1) is 5.92 Å². The Morgan fingerprint density at radius 3 is 2.62 bits per heavy atom. The van der Waals surface area contributed by atoms with Crippen LogP contribution in [0.1, 0.15) is 57.6 Å². The number of nitrogens with two attached hydrogens (primary N) is 1. The van der Waals surface area contributed by atoms with E-state index in [0.717, 1.165) is 24.0 Å². The Kier molecular flexibility index (Phi) is 8.98. The van der Waals surface area contributed by atoms with Gasteiger partial charge in [0.15, 0.2) is 0 Å². The average Bonchev–Trinajstić information content (AvgIpc) is 2.46. The lowest BCUT2D eigenvalue weighted by Crippen LogP contribution is -2.24. The largest absolute Gasteiger partial charge is 0.330 e. The van der Waals surface area contributed by atoms with E-state index >= 15 is 0 Å². The molecule has 2 atom stereocenters. The van der Waals surface area contributed by atoms with Gasteiger partial charge in [-0.2, -0.15) is 0 Å². The van der Waals surface area contributed by atoms with Crippen LogP contribution in [0.3, 0.4) is 0 Å². The number of benzene rings is 1. The molecule has 0 saturated heterocycles. The third-order valence-corrected chi connectivity index (χ3v) is 4.62. The molecule has 0 fully saturated rings. The van der Waals surface area contributed by atoms with Crippen LogP contribution in [0.2, 0.25) is 5.02 Å². The lowest BCUT2D eigenvalue weighted by Gasteiger charge is -2.26. The summed E-state index contributed by atoms with van der Waals surface area (Å²) in [5.74, 6) is 0.801. The maximum Gasteiger partial charge on any atom is 0.0409 e. The van der Waals surface area contributed by atoms with Gasteiger partial charge >= 0.3 is 0 Å². The number of hydrogen-bond acceptors (Lipinski definition) is 2. The van der Waals surface area contributed by atoms with Crippen LogP contribution in [0.15, 0.2) is 24.3 Å². The summed E-state index contributed by atoms with van der Waals surface area (Å²) in [5.41, 5.74) is 7.00. The zero-order valence-corrected chi connectivity index (χ0v) is 14.6. The lowest BCUT2D eigenvalue weighted by atomic mass is 9.94. The van der Waals surface area contributed by atoms with Crippen molar-refractivity contribution in [3.8, 4) is 0 Å². The van der Waals surface area contributed by atoms with Crippen LogP contribution in [0.5, 0.6) is 0 Å². The van der Waals surface area contributed by atoms with Crippen molar-refractivity contribution in [1.82, 2.24) is 4.90 Å². The maximum absolute atomic E-state index is 6.08. The Balaban J connectivity index is 2.40. The summed E-state index contributed by atoms with van der Waals surface area (Å²) < 4.78 is 0. The van der Waals surface area contributed by atoms with Crippen LogP contribution in [0.4, 0.5) is 0 Å². The van der Waals surface area contributed by atoms with E-state index in [1.54, 1.807) is 0 Å². The van der Waals surface area contributed by atoms with Gasteiger partial charge in [0.1, 0.15) is 0 Å². The summed E-state index contributed by atoms with van der Waals surface area (Å²) in [6, 6.07) is 8.58. The summed E-state index contributed by atoms with van der Waals surface area (Å²) in [6.07, 6.45) is 6.27. The first-order chi connectivity index (χ1) is 10.1. The number of hydrogen-bond donors (Lipinski definition) is 1. The molecule has 1 aromatic rings. The molecule has 0 heterocycles. The normalized spacial score (nSPS) is 14.4. The molecule has 2 unspecified atom stereocenters. The second kappa shape index (κ2) is 10.2. The number of halogens is 1. The molecular formula is C18H31ClN2. The molecule has 0 aliphatic carbocycles. The van der Waals surface area contributed by atoms with Crippen molar-refractivity contribution in [3.63, 3.8) is 0 Å². The van der Waals surface area contributed by atoms with E-state index < -0.39 is 0 Å². The molecule has 0 amide bonds. The summed E-state index contributed by atoms with van der Waals surface area (Å²) in [6.45, 7) is 6.45. The second-order valence-corrected chi connectivity index (χ2v) is 6.52. The predicted molar refractivity (Wildman–Crippen MR) is 93.8 cm³/mol. The Hall–Kier alpha value is -0.570. The van der Waals surface area contributed by atoms with E-state index in [9.17, 15) is 0 Å². The van der Waals surface area contributed by atoms with Gasteiger partial charge in [0.05, 0.1) is 0 Å². The Labute approximate surface area is 135 Å². The first kappa shape index (κ1) is 18.5. The Morgan fingerprint density at radius 1 is 1.24 bits per heavy atom. The van der Waals surface area contributed by atoms with Gasteiger partial charge in [-0.1, -0.05) is 43.5 Å². The molecule has 0 aliphatic rings. The smallest absolute Gasteiger partial charge is 0.0409 e. The fraction of sp³-hybridized carbons (Fsp3) is 0.667. The van der Waals surface area contributed by atoms with Crippen molar-refractivity contribution >= 4 is 11.6 Å². The molecule has 2 N–H and O–H groups in total. The Morgan fingerprint density at radius 2 is 2.00 bits per heavy atom. The fourth-order valence-corrected chi connectivity index (χ4v) is 3.12. The lowest BCUT2D eigenvalue weighted by molar-refractivity contribution is 0.246. The minimum atomic E-state index is 0.405. The second-order valence-electron chi connectivity index (χ2n) is 6.09. The van der Waals surface area contributed by atoms with E-state index in [1.165, 1.54) is 37.7 Å². The van der Waals surface area contributed by atoms with Gasteiger partial charge in [-0.3, -0.25) is 4.90 Å². The van der Waals surface area contributed by atoms with Crippen LogP contribution in [-0.4, -0.2) is 25.0 Å². The summed E-state index contributed by atoms with van der Waals surface area (Å²) in [4.78, 5) is 2.41. The van der Waals surface area contributed by atoms with Gasteiger partial charge in [-0.15, -0.1) is 0 Å². The highest BCUT2D eigenvalue weighted by atomic mass is 35.5. The van der Waals surface area contributed by atoms with Crippen molar-refractivity contribution < 1.29 is 0 Å². The van der Waals surface area contributed by atoms with Crippen molar-refractivity contribution in [2.24, 2.45) is 11.7 Å². The summed E-state index contributed by atoms with van der Waals surface area (Å²) in [5, 5.41) is 0.818. The Bertz CT molecular complexity index is 389. The molecule has 3 heteroatoms. The van der Waals surface area contributed by atoms with Gasteiger partial charge in [-0.25, -0.2) is 0 Å². The highest BCUT2D eigenvalue weighted by Gasteiger charge is 2.13. The quantitative estimate of drug-likeness (QED) is 0.667. The molecule has 21 heavy (non-hydrogen) atoms. The molecule has 0 bridgehead atoms. The number of nitrogens with zero attached hydrogens (tertiary/aromatic N) is 1. The third kappa shape index (κ3) is 6.82. The molecule has 2 nitrogen and oxygen atoms in total. The summed E-state index contributed by atoms with van der Waals surface area (Å²) >= 11 is 6.08. The third-order valence-electron chi connectivity index (χ3n) is 4.39. The highest BCUT2D eigenvalue weighted by molar-refractivity contribution is 6.30. The fourth-order valence-electron chi connectivity index (χ4n) is 2.92. The molecular weight excluding hydrogens is 280 g/mol. The zero-order chi connectivity index (χ0) is 15.7. The molecule has 1 rings (SSSR count). The van der Waals surface area contributed by atoms with Gasteiger partial charge in [0.2, 0.25) is 0 Å². The van der Waals surface area contributed by atoms with E-state index in [2.05, 4.69) is 37.9 Å². The van der Waals surface area contributed by atoms with Crippen LogP contribution < -0.4 is 5.73 Å². The van der Waals surface area contributed by atoms with E-state index in [0.29, 0.717) is 6.04 Å². The van der Waals surface area contributed by atoms with Crippen molar-refractivity contribution in [2.75, 3.05) is 20.1 Å². The molecule has 0 aromatic heterocycles. The predicted octanol–water partition coefficient (Wildman–Crippen LogP) is 4.88. The standard InChI is InChI=1S/C18H31ClN2/c1-4-7-16(11-12-20)8-6-13-21(3)15(2)17-9-5-10-18(19)14-17/h5,9-10,14-16H,4,6-8,11-13,20H2,1-3H3. The number of rotatable bonds is 10. The highest BCUT2D eigenvalue weighted by Crippen LogP contribution is 2.23. The summed E-state index contributed by atoms with van der Waals surface area (Å²) in [7, 11) is 2.20. The van der Waals surface area contributed by atoms with Crippen LogP contribution in [0.25, 0.3) is 0 Å². The van der Waals surface area contributed by atoms with E-state index in [-0.39, 0.29) is 0 Å².